The first kappa shape index (κ1) is 10.2. The van der Waals surface area contributed by atoms with Crippen molar-refractivity contribution in [1.82, 2.24) is 9.55 Å². The molecule has 0 amide bonds. The van der Waals surface area contributed by atoms with Crippen molar-refractivity contribution < 1.29 is 0 Å². The van der Waals surface area contributed by atoms with E-state index in [1.54, 1.807) is 0 Å². The average molecular weight is 203 g/mol. The summed E-state index contributed by atoms with van der Waals surface area (Å²) < 4.78 is 2.22. The second-order valence-corrected chi connectivity index (χ2v) is 4.90. The van der Waals surface area contributed by atoms with Gasteiger partial charge in [-0.25, -0.2) is 4.98 Å². The van der Waals surface area contributed by atoms with Gasteiger partial charge in [0, 0.05) is 36.7 Å². The van der Waals surface area contributed by atoms with E-state index in [-0.39, 0.29) is 5.41 Å². The number of imidazole rings is 1. The van der Waals surface area contributed by atoms with Crippen LogP contribution in [0, 0.1) is 16.7 Å². The van der Waals surface area contributed by atoms with Gasteiger partial charge in [0.2, 0.25) is 0 Å². The minimum atomic E-state index is 0.263. The third kappa shape index (κ3) is 2.04. The Labute approximate surface area is 90.7 Å². The van der Waals surface area contributed by atoms with Gasteiger partial charge in [0.05, 0.1) is 6.07 Å². The Kier molecular flexibility index (Phi) is 2.52. The number of hydrogen-bond acceptors (Lipinski definition) is 2. The minimum absolute atomic E-state index is 0.263. The lowest BCUT2D eigenvalue weighted by atomic mass is 10.0. The van der Waals surface area contributed by atoms with Gasteiger partial charge in [-0.1, -0.05) is 13.8 Å². The monoisotopic (exact) mass is 203 g/mol. The Hall–Kier alpha value is -1.30. The summed E-state index contributed by atoms with van der Waals surface area (Å²) in [5.41, 5.74) is 0.263. The van der Waals surface area contributed by atoms with Gasteiger partial charge < -0.3 is 4.57 Å². The van der Waals surface area contributed by atoms with Crippen molar-refractivity contribution in [3.8, 4) is 6.07 Å². The van der Waals surface area contributed by atoms with E-state index in [0.717, 1.165) is 12.4 Å². The van der Waals surface area contributed by atoms with Crippen LogP contribution in [0.15, 0.2) is 12.4 Å². The largest absolute Gasteiger partial charge is 0.334 e. The quantitative estimate of drug-likeness (QED) is 0.755. The van der Waals surface area contributed by atoms with E-state index < -0.39 is 0 Å². The molecule has 0 spiro atoms. The van der Waals surface area contributed by atoms with Gasteiger partial charge in [-0.15, -0.1) is 0 Å². The molecule has 3 heteroatoms. The number of rotatable bonds is 4. The fourth-order valence-electron chi connectivity index (χ4n) is 2.05. The molecule has 0 aromatic carbocycles. The van der Waals surface area contributed by atoms with E-state index in [9.17, 15) is 0 Å². The molecule has 0 bridgehead atoms. The van der Waals surface area contributed by atoms with Gasteiger partial charge in [-0.3, -0.25) is 0 Å². The summed E-state index contributed by atoms with van der Waals surface area (Å²) in [5.74, 6) is 1.59. The molecule has 0 saturated heterocycles. The van der Waals surface area contributed by atoms with E-state index in [0.29, 0.717) is 12.3 Å². The van der Waals surface area contributed by atoms with Crippen molar-refractivity contribution in [3.63, 3.8) is 0 Å². The van der Waals surface area contributed by atoms with Crippen LogP contribution in [0.5, 0.6) is 0 Å². The number of aromatic nitrogens is 2. The number of nitriles is 1. The maximum Gasteiger partial charge on any atom is 0.111 e. The van der Waals surface area contributed by atoms with Crippen LogP contribution in [0.25, 0.3) is 0 Å². The summed E-state index contributed by atoms with van der Waals surface area (Å²) in [6.45, 7) is 5.28. The van der Waals surface area contributed by atoms with E-state index in [2.05, 4.69) is 29.5 Å². The number of nitrogens with zero attached hydrogens (tertiary/aromatic N) is 3. The lowest BCUT2D eigenvalue weighted by Crippen LogP contribution is -2.13. The Morgan fingerprint density at radius 1 is 1.60 bits per heavy atom. The Morgan fingerprint density at radius 2 is 2.33 bits per heavy atom. The molecule has 1 aliphatic rings. The summed E-state index contributed by atoms with van der Waals surface area (Å²) in [5, 5.41) is 8.77. The summed E-state index contributed by atoms with van der Waals surface area (Å²) in [6, 6.07) is 2.30. The molecular formula is C12H17N3. The van der Waals surface area contributed by atoms with Gasteiger partial charge >= 0.3 is 0 Å². The standard InChI is InChI=1S/C12H17N3/c1-10(2)11-14-7-8-15(11)9-12(3-4-12)5-6-13/h7-8,10H,3-5,9H2,1-2H3. The molecule has 15 heavy (non-hydrogen) atoms. The van der Waals surface area contributed by atoms with Gasteiger partial charge in [0.1, 0.15) is 5.82 Å². The molecule has 1 aliphatic carbocycles. The zero-order valence-electron chi connectivity index (χ0n) is 9.40. The highest BCUT2D eigenvalue weighted by Gasteiger charge is 2.42. The molecule has 1 aromatic rings. The second-order valence-electron chi connectivity index (χ2n) is 4.90. The number of hydrogen-bond donors (Lipinski definition) is 0. The van der Waals surface area contributed by atoms with Gasteiger partial charge in [0.25, 0.3) is 0 Å². The Balaban J connectivity index is 2.11. The molecule has 0 unspecified atom stereocenters. The van der Waals surface area contributed by atoms with Crippen molar-refractivity contribution in [1.29, 1.82) is 5.26 Å². The molecule has 0 radical (unpaired) electrons. The van der Waals surface area contributed by atoms with Crippen LogP contribution in [0.1, 0.15) is 44.9 Å². The lowest BCUT2D eigenvalue weighted by Gasteiger charge is -2.15. The molecule has 80 valence electrons. The first-order valence-corrected chi connectivity index (χ1v) is 5.55. The van der Waals surface area contributed by atoms with E-state index in [1.807, 2.05) is 12.4 Å². The molecule has 1 aromatic heterocycles. The third-order valence-electron chi connectivity index (χ3n) is 3.18. The summed E-state index contributed by atoms with van der Waals surface area (Å²) in [7, 11) is 0. The molecular weight excluding hydrogens is 186 g/mol. The van der Waals surface area contributed by atoms with Crippen molar-refractivity contribution in [2.75, 3.05) is 0 Å². The highest BCUT2D eigenvalue weighted by atomic mass is 15.1. The van der Waals surface area contributed by atoms with Crippen LogP contribution in [-0.4, -0.2) is 9.55 Å². The van der Waals surface area contributed by atoms with Crippen molar-refractivity contribution >= 4 is 0 Å². The van der Waals surface area contributed by atoms with Crippen LogP contribution in [-0.2, 0) is 6.54 Å². The Bertz CT molecular complexity index is 380. The smallest absolute Gasteiger partial charge is 0.111 e. The van der Waals surface area contributed by atoms with Gasteiger partial charge in [-0.2, -0.15) is 5.26 Å². The molecule has 3 nitrogen and oxygen atoms in total. The molecule has 2 rings (SSSR count). The fourth-order valence-corrected chi connectivity index (χ4v) is 2.05. The van der Waals surface area contributed by atoms with Gasteiger partial charge in [-0.05, 0) is 12.8 Å². The predicted octanol–water partition coefficient (Wildman–Crippen LogP) is 2.70. The van der Waals surface area contributed by atoms with Crippen LogP contribution >= 0.6 is 0 Å². The first-order valence-electron chi connectivity index (χ1n) is 5.55. The zero-order valence-corrected chi connectivity index (χ0v) is 9.40. The van der Waals surface area contributed by atoms with E-state index >= 15 is 0 Å². The fraction of sp³-hybridized carbons (Fsp3) is 0.667. The average Bonchev–Trinajstić information content (AvgIpc) is 2.77. The summed E-state index contributed by atoms with van der Waals surface area (Å²) >= 11 is 0. The normalized spacial score (nSPS) is 17.7. The molecule has 1 fully saturated rings. The molecule has 1 heterocycles. The molecule has 0 aliphatic heterocycles. The Morgan fingerprint density at radius 3 is 2.87 bits per heavy atom. The predicted molar refractivity (Wildman–Crippen MR) is 58.2 cm³/mol. The van der Waals surface area contributed by atoms with E-state index in [4.69, 9.17) is 5.26 Å². The second kappa shape index (κ2) is 3.69. The summed E-state index contributed by atoms with van der Waals surface area (Å²) in [4.78, 5) is 4.37. The SMILES string of the molecule is CC(C)c1nccn1CC1(CC#N)CC1. The maximum atomic E-state index is 8.77. The van der Waals surface area contributed by atoms with Crippen LogP contribution in [0.2, 0.25) is 0 Å². The maximum absolute atomic E-state index is 8.77. The third-order valence-corrected chi connectivity index (χ3v) is 3.18. The topological polar surface area (TPSA) is 41.6 Å². The van der Waals surface area contributed by atoms with Crippen molar-refractivity contribution in [2.45, 2.75) is 45.6 Å². The van der Waals surface area contributed by atoms with Crippen molar-refractivity contribution in [2.24, 2.45) is 5.41 Å². The lowest BCUT2D eigenvalue weighted by molar-refractivity contribution is 0.418. The highest BCUT2D eigenvalue weighted by molar-refractivity contribution is 5.04. The molecule has 0 atom stereocenters. The van der Waals surface area contributed by atoms with Crippen LogP contribution < -0.4 is 0 Å². The van der Waals surface area contributed by atoms with E-state index in [1.165, 1.54) is 12.8 Å². The minimum Gasteiger partial charge on any atom is -0.334 e. The zero-order chi connectivity index (χ0) is 10.9. The first-order chi connectivity index (χ1) is 7.17. The van der Waals surface area contributed by atoms with Crippen LogP contribution in [0.3, 0.4) is 0 Å². The molecule has 0 N–H and O–H groups in total. The van der Waals surface area contributed by atoms with Crippen LogP contribution in [0.4, 0.5) is 0 Å². The van der Waals surface area contributed by atoms with Crippen molar-refractivity contribution in [3.05, 3.63) is 18.2 Å². The molecule has 1 saturated carbocycles. The highest BCUT2D eigenvalue weighted by Crippen LogP contribution is 2.50. The van der Waals surface area contributed by atoms with Gasteiger partial charge in [0.15, 0.2) is 0 Å². The summed E-state index contributed by atoms with van der Waals surface area (Å²) in [6.07, 6.45) is 6.96.